The van der Waals surface area contributed by atoms with Crippen LogP contribution in [-0.4, -0.2) is 41.0 Å². The Morgan fingerprint density at radius 1 is 1.29 bits per heavy atom. The fourth-order valence-electron chi connectivity index (χ4n) is 1.83. The summed E-state index contributed by atoms with van der Waals surface area (Å²) in [4.78, 5) is 10.2. The van der Waals surface area contributed by atoms with E-state index in [1.807, 2.05) is 6.20 Å². The molecule has 4 nitrogen and oxygen atoms in total. The average molecular weight is 238 g/mol. The Morgan fingerprint density at radius 2 is 2.06 bits per heavy atom. The van der Waals surface area contributed by atoms with Gasteiger partial charge in [-0.1, -0.05) is 20.8 Å². The average Bonchev–Trinajstić information content (AvgIpc) is 2.79. The Hall–Kier alpha value is -0.870. The lowest BCUT2D eigenvalue weighted by atomic mass is 10.3. The van der Waals surface area contributed by atoms with Crippen LogP contribution in [0.1, 0.15) is 38.7 Å². The molecule has 1 aromatic heterocycles. The van der Waals surface area contributed by atoms with Crippen molar-refractivity contribution in [3.05, 3.63) is 17.7 Å². The van der Waals surface area contributed by atoms with Gasteiger partial charge in [-0.2, -0.15) is 0 Å². The van der Waals surface area contributed by atoms with Crippen LogP contribution in [0.25, 0.3) is 0 Å². The largest absolute Gasteiger partial charge is 0.345 e. The quantitative estimate of drug-likeness (QED) is 0.645. The molecule has 0 bridgehead atoms. The van der Waals surface area contributed by atoms with Crippen molar-refractivity contribution in [3.63, 3.8) is 0 Å². The molecule has 0 unspecified atom stereocenters. The highest BCUT2D eigenvalue weighted by Gasteiger charge is 2.03. The van der Waals surface area contributed by atoms with Gasteiger partial charge in [0.15, 0.2) is 0 Å². The third-order valence-corrected chi connectivity index (χ3v) is 2.98. The second kappa shape index (κ2) is 8.25. The lowest BCUT2D eigenvalue weighted by Gasteiger charge is -2.16. The summed E-state index contributed by atoms with van der Waals surface area (Å²) in [7, 11) is 0. The maximum atomic E-state index is 4.41. The van der Waals surface area contributed by atoms with E-state index < -0.39 is 0 Å². The number of aromatic nitrogens is 2. The minimum atomic E-state index is 0.895. The zero-order valence-electron chi connectivity index (χ0n) is 11.4. The number of hydrogen-bond acceptors (Lipinski definition) is 3. The van der Waals surface area contributed by atoms with Gasteiger partial charge in [-0.25, -0.2) is 4.98 Å². The molecule has 0 aromatic carbocycles. The molecule has 17 heavy (non-hydrogen) atoms. The Morgan fingerprint density at radius 3 is 2.71 bits per heavy atom. The van der Waals surface area contributed by atoms with Crippen molar-refractivity contribution in [2.45, 2.75) is 40.2 Å². The van der Waals surface area contributed by atoms with E-state index in [-0.39, 0.29) is 0 Å². The summed E-state index contributed by atoms with van der Waals surface area (Å²) in [5.74, 6) is 1.10. The van der Waals surface area contributed by atoms with Crippen molar-refractivity contribution < 1.29 is 0 Å². The Kier molecular flexibility index (Phi) is 6.89. The van der Waals surface area contributed by atoms with Gasteiger partial charge in [-0.15, -0.1) is 0 Å². The normalized spacial score (nSPS) is 11.3. The van der Waals surface area contributed by atoms with Crippen molar-refractivity contribution in [2.75, 3.05) is 26.2 Å². The van der Waals surface area contributed by atoms with Gasteiger partial charge >= 0.3 is 0 Å². The maximum Gasteiger partial charge on any atom is 0.107 e. The molecule has 2 N–H and O–H groups in total. The second-order valence-corrected chi connectivity index (χ2v) is 4.31. The molecule has 1 aromatic rings. The van der Waals surface area contributed by atoms with E-state index in [2.05, 4.69) is 41.0 Å². The first-order valence-corrected chi connectivity index (χ1v) is 6.75. The number of H-pyrrole nitrogens is 1. The number of nitrogens with one attached hydrogen (secondary N) is 2. The molecule has 1 heterocycles. The molecule has 0 spiro atoms. The predicted molar refractivity (Wildman–Crippen MR) is 72.1 cm³/mol. The molecule has 0 saturated heterocycles. The molecule has 0 fully saturated rings. The summed E-state index contributed by atoms with van der Waals surface area (Å²) in [5.41, 5.74) is 1.19. The number of aromatic amines is 1. The zero-order valence-corrected chi connectivity index (χ0v) is 11.4. The summed E-state index contributed by atoms with van der Waals surface area (Å²) in [6.07, 6.45) is 4.12. The van der Waals surface area contributed by atoms with Gasteiger partial charge in [0, 0.05) is 31.4 Å². The fourth-order valence-corrected chi connectivity index (χ4v) is 1.83. The smallest absolute Gasteiger partial charge is 0.107 e. The molecule has 0 radical (unpaired) electrons. The van der Waals surface area contributed by atoms with Crippen LogP contribution in [0.5, 0.6) is 0 Å². The summed E-state index contributed by atoms with van der Waals surface area (Å²) in [6, 6.07) is 0. The predicted octanol–water partition coefficient (Wildman–Crippen LogP) is 1.79. The molecule has 4 heteroatoms. The van der Waals surface area contributed by atoms with Gasteiger partial charge < -0.3 is 15.2 Å². The van der Waals surface area contributed by atoms with Crippen LogP contribution >= 0.6 is 0 Å². The van der Waals surface area contributed by atoms with E-state index in [0.29, 0.717) is 0 Å². The molecule has 0 aliphatic heterocycles. The molecule has 0 saturated carbocycles. The van der Waals surface area contributed by atoms with Crippen molar-refractivity contribution in [1.29, 1.82) is 0 Å². The van der Waals surface area contributed by atoms with Crippen molar-refractivity contribution in [3.8, 4) is 0 Å². The standard InChI is InChI=1S/C13H26N4/c1-4-8-14-10-12-11-15-13(16-12)7-9-17(5-2)6-3/h11,14H,4-10H2,1-3H3,(H,15,16). The summed E-state index contributed by atoms with van der Waals surface area (Å²) in [6.45, 7) is 11.8. The van der Waals surface area contributed by atoms with E-state index >= 15 is 0 Å². The van der Waals surface area contributed by atoms with Crippen molar-refractivity contribution >= 4 is 0 Å². The molecule has 0 atom stereocenters. The van der Waals surface area contributed by atoms with Crippen LogP contribution in [0, 0.1) is 0 Å². The van der Waals surface area contributed by atoms with E-state index in [1.54, 1.807) is 0 Å². The van der Waals surface area contributed by atoms with E-state index in [0.717, 1.165) is 45.0 Å². The number of likely N-dealkylation sites (N-methyl/N-ethyl adjacent to an activating group) is 1. The minimum absolute atomic E-state index is 0.895. The lowest BCUT2D eigenvalue weighted by molar-refractivity contribution is 0.306. The third-order valence-electron chi connectivity index (χ3n) is 2.98. The minimum Gasteiger partial charge on any atom is -0.345 e. The zero-order chi connectivity index (χ0) is 12.5. The molecule has 0 amide bonds. The molecular weight excluding hydrogens is 212 g/mol. The lowest BCUT2D eigenvalue weighted by Crippen LogP contribution is -2.25. The van der Waals surface area contributed by atoms with Crippen molar-refractivity contribution in [1.82, 2.24) is 20.2 Å². The Balaban J connectivity index is 2.30. The van der Waals surface area contributed by atoms with Gasteiger partial charge in [0.1, 0.15) is 5.82 Å². The number of nitrogens with zero attached hydrogens (tertiary/aromatic N) is 2. The molecule has 0 aliphatic rings. The van der Waals surface area contributed by atoms with Gasteiger partial charge in [-0.3, -0.25) is 0 Å². The summed E-state index contributed by atoms with van der Waals surface area (Å²) < 4.78 is 0. The molecule has 98 valence electrons. The third kappa shape index (κ3) is 5.33. The number of imidazole rings is 1. The van der Waals surface area contributed by atoms with Crippen LogP contribution in [0.15, 0.2) is 6.20 Å². The van der Waals surface area contributed by atoms with Crippen LogP contribution in [0.2, 0.25) is 0 Å². The number of rotatable bonds is 9. The first-order valence-electron chi connectivity index (χ1n) is 6.75. The van der Waals surface area contributed by atoms with E-state index in [4.69, 9.17) is 0 Å². The molecule has 0 aliphatic carbocycles. The molecular formula is C13H26N4. The SMILES string of the molecule is CCCNCc1cnc(CCN(CC)CC)[nH]1. The van der Waals surface area contributed by atoms with Gasteiger partial charge in [-0.05, 0) is 26.1 Å². The first-order chi connectivity index (χ1) is 8.30. The van der Waals surface area contributed by atoms with Crippen LogP contribution in [0.4, 0.5) is 0 Å². The van der Waals surface area contributed by atoms with E-state index in [9.17, 15) is 0 Å². The first kappa shape index (κ1) is 14.2. The highest BCUT2D eigenvalue weighted by molar-refractivity contribution is 5.01. The Bertz CT molecular complexity index is 291. The highest BCUT2D eigenvalue weighted by atomic mass is 15.1. The fraction of sp³-hybridized carbons (Fsp3) is 0.769. The van der Waals surface area contributed by atoms with Gasteiger partial charge in [0.25, 0.3) is 0 Å². The van der Waals surface area contributed by atoms with Gasteiger partial charge in [0.05, 0.1) is 0 Å². The monoisotopic (exact) mass is 238 g/mol. The van der Waals surface area contributed by atoms with Crippen molar-refractivity contribution in [2.24, 2.45) is 0 Å². The van der Waals surface area contributed by atoms with Gasteiger partial charge in [0.2, 0.25) is 0 Å². The highest BCUT2D eigenvalue weighted by Crippen LogP contribution is 1.99. The topological polar surface area (TPSA) is 44.0 Å². The van der Waals surface area contributed by atoms with Crippen LogP contribution in [0.3, 0.4) is 0 Å². The van der Waals surface area contributed by atoms with E-state index in [1.165, 1.54) is 12.1 Å². The molecule has 1 rings (SSSR count). The summed E-state index contributed by atoms with van der Waals surface area (Å²) >= 11 is 0. The van der Waals surface area contributed by atoms with Crippen LogP contribution in [-0.2, 0) is 13.0 Å². The second-order valence-electron chi connectivity index (χ2n) is 4.31. The summed E-state index contributed by atoms with van der Waals surface area (Å²) in [5, 5.41) is 3.37. The number of hydrogen-bond donors (Lipinski definition) is 2. The Labute approximate surface area is 105 Å². The maximum absolute atomic E-state index is 4.41. The van der Waals surface area contributed by atoms with Crippen LogP contribution < -0.4 is 5.32 Å².